The molecule has 0 aliphatic heterocycles. The van der Waals surface area contributed by atoms with Crippen LogP contribution in [-0.2, 0) is 10.0 Å². The van der Waals surface area contributed by atoms with Crippen molar-refractivity contribution in [1.29, 1.82) is 0 Å². The van der Waals surface area contributed by atoms with Gasteiger partial charge in [-0.1, -0.05) is 6.07 Å². The highest BCUT2D eigenvalue weighted by Crippen LogP contribution is 2.28. The molecule has 0 fully saturated rings. The molecule has 0 bridgehead atoms. The van der Waals surface area contributed by atoms with E-state index in [4.69, 9.17) is 9.84 Å². The van der Waals surface area contributed by atoms with Crippen molar-refractivity contribution in [2.75, 3.05) is 18.5 Å². The Bertz CT molecular complexity index is 766. The lowest BCUT2D eigenvalue weighted by Gasteiger charge is -2.18. The van der Waals surface area contributed by atoms with Crippen molar-refractivity contribution < 1.29 is 23.1 Å². The van der Waals surface area contributed by atoms with E-state index < -0.39 is 16.0 Å². The summed E-state index contributed by atoms with van der Waals surface area (Å²) in [4.78, 5) is 10.8. The number of aromatic carboxylic acids is 1. The van der Waals surface area contributed by atoms with Gasteiger partial charge in [0.15, 0.2) is 0 Å². The molecule has 0 saturated carbocycles. The molecule has 1 aromatic carbocycles. The first kappa shape index (κ1) is 15.3. The number of nitrogens with zero attached hydrogens (tertiary/aromatic N) is 1. The van der Waals surface area contributed by atoms with E-state index in [1.807, 2.05) is 0 Å². The van der Waals surface area contributed by atoms with Gasteiger partial charge < -0.3 is 9.84 Å². The van der Waals surface area contributed by atoms with Gasteiger partial charge in [-0.3, -0.25) is 4.31 Å². The van der Waals surface area contributed by atoms with E-state index in [9.17, 15) is 13.2 Å². The van der Waals surface area contributed by atoms with Crippen LogP contribution in [0.3, 0.4) is 0 Å². The van der Waals surface area contributed by atoms with Crippen LogP contribution in [0.2, 0.25) is 0 Å². The van der Waals surface area contributed by atoms with E-state index in [-0.39, 0.29) is 9.77 Å². The summed E-state index contributed by atoms with van der Waals surface area (Å²) < 4.78 is 31.1. The second-order valence-electron chi connectivity index (χ2n) is 4.13. The van der Waals surface area contributed by atoms with Crippen LogP contribution in [0.15, 0.2) is 39.9 Å². The average Bonchev–Trinajstić information content (AvgIpc) is 2.97. The molecule has 1 aromatic heterocycles. The van der Waals surface area contributed by atoms with Crippen LogP contribution in [0.25, 0.3) is 0 Å². The molecule has 1 N–H and O–H groups in total. The molecule has 0 saturated heterocycles. The molecule has 6 nitrogen and oxygen atoms in total. The first-order valence-corrected chi connectivity index (χ1v) is 8.13. The summed E-state index contributed by atoms with van der Waals surface area (Å²) in [6.07, 6.45) is 0. The third-order valence-electron chi connectivity index (χ3n) is 2.85. The van der Waals surface area contributed by atoms with Crippen LogP contribution < -0.4 is 9.04 Å². The third-order valence-corrected chi connectivity index (χ3v) is 6.05. The number of sulfonamides is 1. The molecule has 0 spiro atoms. The number of thiophene rings is 1. The van der Waals surface area contributed by atoms with Crippen molar-refractivity contribution in [2.24, 2.45) is 0 Å². The van der Waals surface area contributed by atoms with Gasteiger partial charge in [-0.05, 0) is 18.2 Å². The van der Waals surface area contributed by atoms with E-state index in [0.29, 0.717) is 11.4 Å². The zero-order valence-corrected chi connectivity index (χ0v) is 12.9. The number of carboxylic acid groups (broad SMARTS) is 1. The second-order valence-corrected chi connectivity index (χ2v) is 7.24. The summed E-state index contributed by atoms with van der Waals surface area (Å²) in [6, 6.07) is 7.75. The molecule has 21 heavy (non-hydrogen) atoms. The Hall–Kier alpha value is -2.06. The number of methoxy groups -OCH3 is 1. The Morgan fingerprint density at radius 3 is 2.62 bits per heavy atom. The standard InChI is InChI=1S/C13H13NO5S2/c1-14(10-4-3-5-11(7-10)19-2)21(17,18)12-6-9(8-20-12)13(15)16/h3-8H,1-2H3,(H,15,16). The molecule has 0 aliphatic carbocycles. The summed E-state index contributed by atoms with van der Waals surface area (Å²) in [6.45, 7) is 0. The fourth-order valence-corrected chi connectivity index (χ4v) is 4.15. The number of rotatable bonds is 5. The van der Waals surface area contributed by atoms with Gasteiger partial charge in [0.05, 0.1) is 18.4 Å². The Morgan fingerprint density at radius 1 is 1.33 bits per heavy atom. The summed E-state index contributed by atoms with van der Waals surface area (Å²) in [7, 11) is -0.898. The predicted octanol–water partition coefficient (Wildman–Crippen LogP) is 2.28. The Labute approximate surface area is 126 Å². The maximum atomic E-state index is 12.5. The molecular formula is C13H13NO5S2. The molecule has 8 heteroatoms. The van der Waals surface area contributed by atoms with Gasteiger partial charge in [0.1, 0.15) is 9.96 Å². The molecule has 2 rings (SSSR count). The van der Waals surface area contributed by atoms with Crippen molar-refractivity contribution in [2.45, 2.75) is 4.21 Å². The van der Waals surface area contributed by atoms with E-state index in [1.54, 1.807) is 24.3 Å². The highest BCUT2D eigenvalue weighted by molar-refractivity contribution is 7.94. The van der Waals surface area contributed by atoms with Crippen LogP contribution >= 0.6 is 11.3 Å². The van der Waals surface area contributed by atoms with Gasteiger partial charge in [0, 0.05) is 18.5 Å². The molecule has 1 heterocycles. The first-order chi connectivity index (χ1) is 9.86. The van der Waals surface area contributed by atoms with E-state index in [0.717, 1.165) is 21.7 Å². The monoisotopic (exact) mass is 327 g/mol. The number of carbonyl (C=O) groups is 1. The minimum Gasteiger partial charge on any atom is -0.497 e. The van der Waals surface area contributed by atoms with Crippen molar-refractivity contribution in [3.05, 3.63) is 41.3 Å². The zero-order chi connectivity index (χ0) is 15.6. The lowest BCUT2D eigenvalue weighted by atomic mass is 10.3. The fraction of sp³-hybridized carbons (Fsp3) is 0.154. The Kier molecular flexibility index (Phi) is 4.19. The van der Waals surface area contributed by atoms with E-state index in [2.05, 4.69) is 0 Å². The van der Waals surface area contributed by atoms with Crippen LogP contribution in [0.5, 0.6) is 5.75 Å². The van der Waals surface area contributed by atoms with E-state index >= 15 is 0 Å². The normalized spacial score (nSPS) is 11.1. The second kappa shape index (κ2) is 5.74. The maximum absolute atomic E-state index is 12.5. The van der Waals surface area contributed by atoms with Gasteiger partial charge in [0.2, 0.25) is 0 Å². The fourth-order valence-electron chi connectivity index (χ4n) is 1.64. The summed E-state index contributed by atoms with van der Waals surface area (Å²) >= 11 is 0.876. The minimum atomic E-state index is -3.80. The average molecular weight is 327 g/mol. The molecule has 0 unspecified atom stereocenters. The van der Waals surface area contributed by atoms with Crippen molar-refractivity contribution in [3.8, 4) is 5.75 Å². The van der Waals surface area contributed by atoms with Gasteiger partial charge in [-0.15, -0.1) is 11.3 Å². The van der Waals surface area contributed by atoms with E-state index in [1.165, 1.54) is 19.5 Å². The summed E-state index contributed by atoms with van der Waals surface area (Å²) in [5, 5.41) is 10.2. The molecule has 0 radical (unpaired) electrons. The Morgan fingerprint density at radius 2 is 2.05 bits per heavy atom. The highest BCUT2D eigenvalue weighted by atomic mass is 32.2. The number of hydrogen-bond donors (Lipinski definition) is 1. The largest absolute Gasteiger partial charge is 0.497 e. The molecule has 0 atom stereocenters. The van der Waals surface area contributed by atoms with Gasteiger partial charge in [-0.25, -0.2) is 13.2 Å². The number of hydrogen-bond acceptors (Lipinski definition) is 5. The van der Waals surface area contributed by atoms with Crippen LogP contribution in [0.1, 0.15) is 10.4 Å². The molecule has 0 aliphatic rings. The van der Waals surface area contributed by atoms with Crippen LogP contribution in [-0.4, -0.2) is 33.7 Å². The lowest BCUT2D eigenvalue weighted by molar-refractivity contribution is 0.0697. The number of ether oxygens (including phenoxy) is 1. The van der Waals surface area contributed by atoms with Gasteiger partial charge in [0.25, 0.3) is 10.0 Å². The van der Waals surface area contributed by atoms with Crippen LogP contribution in [0, 0.1) is 0 Å². The smallest absolute Gasteiger partial charge is 0.336 e. The van der Waals surface area contributed by atoms with Gasteiger partial charge in [-0.2, -0.15) is 0 Å². The van der Waals surface area contributed by atoms with Crippen LogP contribution in [0.4, 0.5) is 5.69 Å². The number of carboxylic acids is 1. The SMILES string of the molecule is COc1cccc(N(C)S(=O)(=O)c2cc(C(=O)O)cs2)c1. The highest BCUT2D eigenvalue weighted by Gasteiger charge is 2.24. The third kappa shape index (κ3) is 3.01. The zero-order valence-electron chi connectivity index (χ0n) is 11.3. The molecular weight excluding hydrogens is 314 g/mol. The first-order valence-electron chi connectivity index (χ1n) is 5.81. The van der Waals surface area contributed by atoms with Crippen molar-refractivity contribution in [1.82, 2.24) is 0 Å². The van der Waals surface area contributed by atoms with Gasteiger partial charge >= 0.3 is 5.97 Å². The number of anilines is 1. The maximum Gasteiger partial charge on any atom is 0.336 e. The molecule has 112 valence electrons. The lowest BCUT2D eigenvalue weighted by Crippen LogP contribution is -2.25. The Balaban J connectivity index is 2.39. The summed E-state index contributed by atoms with van der Waals surface area (Å²) in [5.41, 5.74) is 0.386. The quantitative estimate of drug-likeness (QED) is 0.911. The minimum absolute atomic E-state index is 0.0229. The predicted molar refractivity (Wildman–Crippen MR) is 79.9 cm³/mol. The summed E-state index contributed by atoms with van der Waals surface area (Å²) in [5.74, 6) is -0.622. The number of benzene rings is 1. The molecule has 2 aromatic rings. The van der Waals surface area contributed by atoms with Crippen molar-refractivity contribution in [3.63, 3.8) is 0 Å². The topological polar surface area (TPSA) is 83.9 Å². The molecule has 0 amide bonds. The van der Waals surface area contributed by atoms with Crippen molar-refractivity contribution >= 4 is 33.0 Å².